The number of aliphatic hydroxyl groups excluding tert-OH is 2. The summed E-state index contributed by atoms with van der Waals surface area (Å²) in [6.45, 7) is 2.99. The molecule has 4 nitrogen and oxygen atoms in total. The van der Waals surface area contributed by atoms with Crippen molar-refractivity contribution in [3.63, 3.8) is 0 Å². The summed E-state index contributed by atoms with van der Waals surface area (Å²) in [7, 11) is 0. The van der Waals surface area contributed by atoms with Crippen LogP contribution in [0, 0.1) is 0 Å². The van der Waals surface area contributed by atoms with E-state index in [2.05, 4.69) is 43.3 Å². The number of fused-ring (bicyclic) bond motifs is 1. The predicted molar refractivity (Wildman–Crippen MR) is 117 cm³/mol. The van der Waals surface area contributed by atoms with E-state index in [1.54, 1.807) is 0 Å². The average Bonchev–Trinajstić information content (AvgIpc) is 2.75. The number of hydrogen-bond acceptors (Lipinski definition) is 5. The molecule has 4 rings (SSSR count). The Hall–Kier alpha value is -1.53. The second kappa shape index (κ2) is 9.09. The first-order valence-electron chi connectivity index (χ1n) is 10.5. The standard InChI is InChI=1S/C24H30O4S/c1-3-16-7-8-18(22-14-20(25)23(26)24(28-22)29-2)13-19(16)12-15-6-9-21-17(11-15)5-4-10-27-21/h6-9,11,13,20,22-26H,3-5,10,12,14H2,1-2H3. The summed E-state index contributed by atoms with van der Waals surface area (Å²) in [4.78, 5) is 0. The lowest BCUT2D eigenvalue weighted by Gasteiger charge is -2.36. The van der Waals surface area contributed by atoms with E-state index in [-0.39, 0.29) is 6.10 Å². The Bertz CT molecular complexity index is 853. The van der Waals surface area contributed by atoms with Gasteiger partial charge in [0.25, 0.3) is 0 Å². The van der Waals surface area contributed by atoms with Crippen molar-refractivity contribution >= 4 is 11.8 Å². The summed E-state index contributed by atoms with van der Waals surface area (Å²) in [6, 6.07) is 13.1. The third-order valence-corrected chi connectivity index (χ3v) is 6.86. The SMILES string of the molecule is CCc1ccc(C2CC(O)C(O)C(SC)O2)cc1Cc1ccc2c(c1)CCCO2. The van der Waals surface area contributed by atoms with Gasteiger partial charge in [-0.1, -0.05) is 37.3 Å². The quantitative estimate of drug-likeness (QED) is 0.773. The normalized spacial score (nSPS) is 26.6. The van der Waals surface area contributed by atoms with Gasteiger partial charge < -0.3 is 19.7 Å². The number of thioether (sulfide) groups is 1. The average molecular weight is 415 g/mol. The maximum absolute atomic E-state index is 10.3. The molecule has 0 aromatic heterocycles. The fourth-order valence-corrected chi connectivity index (χ4v) is 5.05. The van der Waals surface area contributed by atoms with Gasteiger partial charge in [-0.15, -0.1) is 11.8 Å². The molecule has 1 saturated heterocycles. The Kier molecular flexibility index (Phi) is 6.50. The highest BCUT2D eigenvalue weighted by molar-refractivity contribution is 7.99. The molecule has 2 heterocycles. The Labute approximate surface area is 177 Å². The fraction of sp³-hybridized carbons (Fsp3) is 0.500. The van der Waals surface area contributed by atoms with Crippen LogP contribution in [-0.2, 0) is 24.0 Å². The minimum Gasteiger partial charge on any atom is -0.493 e. The molecule has 1 fully saturated rings. The molecule has 0 amide bonds. The van der Waals surface area contributed by atoms with Gasteiger partial charge in [0.1, 0.15) is 17.3 Å². The number of hydrogen-bond donors (Lipinski definition) is 2. The van der Waals surface area contributed by atoms with Crippen LogP contribution in [0.25, 0.3) is 0 Å². The minimum atomic E-state index is -0.839. The van der Waals surface area contributed by atoms with Crippen LogP contribution in [0.4, 0.5) is 0 Å². The molecular formula is C24H30O4S. The molecule has 2 aliphatic rings. The lowest BCUT2D eigenvalue weighted by atomic mass is 9.91. The van der Waals surface area contributed by atoms with Gasteiger partial charge in [-0.05, 0) is 65.8 Å². The van der Waals surface area contributed by atoms with Gasteiger partial charge in [0, 0.05) is 6.42 Å². The molecule has 2 aromatic rings. The molecule has 5 heteroatoms. The molecule has 0 radical (unpaired) electrons. The zero-order valence-corrected chi connectivity index (χ0v) is 18.0. The minimum absolute atomic E-state index is 0.201. The van der Waals surface area contributed by atoms with Crippen LogP contribution < -0.4 is 4.74 Å². The third-order valence-electron chi connectivity index (χ3n) is 6.01. The summed E-state index contributed by atoms with van der Waals surface area (Å²) in [6.07, 6.45) is 4.51. The molecule has 156 valence electrons. The molecule has 4 atom stereocenters. The summed E-state index contributed by atoms with van der Waals surface area (Å²) in [5, 5.41) is 20.4. The molecule has 29 heavy (non-hydrogen) atoms. The summed E-state index contributed by atoms with van der Waals surface area (Å²) in [5.41, 5.74) is 5.90. The largest absolute Gasteiger partial charge is 0.493 e. The van der Waals surface area contributed by atoms with Crippen molar-refractivity contribution in [1.29, 1.82) is 0 Å². The number of benzene rings is 2. The maximum atomic E-state index is 10.3. The summed E-state index contributed by atoms with van der Waals surface area (Å²) >= 11 is 1.44. The van der Waals surface area contributed by atoms with Crippen molar-refractivity contribution in [1.82, 2.24) is 0 Å². The van der Waals surface area contributed by atoms with E-state index in [0.717, 1.165) is 43.6 Å². The highest BCUT2D eigenvalue weighted by atomic mass is 32.2. The van der Waals surface area contributed by atoms with Gasteiger partial charge in [0.15, 0.2) is 0 Å². The van der Waals surface area contributed by atoms with Gasteiger partial charge in [0.2, 0.25) is 0 Å². The van der Waals surface area contributed by atoms with Crippen molar-refractivity contribution in [3.05, 3.63) is 64.2 Å². The first kappa shape index (κ1) is 20.7. The zero-order valence-electron chi connectivity index (χ0n) is 17.1. The van der Waals surface area contributed by atoms with E-state index < -0.39 is 17.6 Å². The summed E-state index contributed by atoms with van der Waals surface area (Å²) < 4.78 is 11.8. The van der Waals surface area contributed by atoms with Gasteiger partial charge in [-0.3, -0.25) is 0 Å². The lowest BCUT2D eigenvalue weighted by molar-refractivity contribution is -0.137. The van der Waals surface area contributed by atoms with Crippen LogP contribution in [0.1, 0.15) is 53.7 Å². The van der Waals surface area contributed by atoms with Crippen LogP contribution in [-0.4, -0.2) is 40.7 Å². The van der Waals surface area contributed by atoms with Crippen molar-refractivity contribution in [2.75, 3.05) is 12.9 Å². The zero-order chi connectivity index (χ0) is 20.4. The first-order chi connectivity index (χ1) is 14.1. The Morgan fingerprint density at radius 1 is 1.10 bits per heavy atom. The van der Waals surface area contributed by atoms with Crippen LogP contribution >= 0.6 is 11.8 Å². The molecular weight excluding hydrogens is 384 g/mol. The van der Waals surface area contributed by atoms with E-state index in [9.17, 15) is 10.2 Å². The second-order valence-corrected chi connectivity index (χ2v) is 8.91. The third kappa shape index (κ3) is 4.48. The van der Waals surface area contributed by atoms with Crippen LogP contribution in [0.5, 0.6) is 5.75 Å². The lowest BCUT2D eigenvalue weighted by Crippen LogP contribution is -2.43. The first-order valence-corrected chi connectivity index (χ1v) is 11.8. The molecule has 4 unspecified atom stereocenters. The van der Waals surface area contributed by atoms with Gasteiger partial charge in [-0.25, -0.2) is 0 Å². The number of aliphatic hydroxyl groups is 2. The smallest absolute Gasteiger partial charge is 0.132 e. The van der Waals surface area contributed by atoms with Crippen molar-refractivity contribution < 1.29 is 19.7 Å². The van der Waals surface area contributed by atoms with E-state index in [1.165, 1.54) is 34.0 Å². The number of rotatable bonds is 5. The fourth-order valence-electron chi connectivity index (χ4n) is 4.35. The van der Waals surface area contributed by atoms with Crippen LogP contribution in [0.2, 0.25) is 0 Å². The maximum Gasteiger partial charge on any atom is 0.132 e. The highest BCUT2D eigenvalue weighted by Crippen LogP contribution is 2.36. The van der Waals surface area contributed by atoms with Crippen molar-refractivity contribution in [2.24, 2.45) is 0 Å². The number of ether oxygens (including phenoxy) is 2. The molecule has 2 aliphatic heterocycles. The van der Waals surface area contributed by atoms with E-state index in [1.807, 2.05) is 6.26 Å². The topological polar surface area (TPSA) is 58.9 Å². The predicted octanol–water partition coefficient (Wildman–Crippen LogP) is 4.04. The van der Waals surface area contributed by atoms with E-state index in [4.69, 9.17) is 9.47 Å². The van der Waals surface area contributed by atoms with Crippen LogP contribution in [0.3, 0.4) is 0 Å². The number of aryl methyl sites for hydroxylation is 2. The molecule has 2 N–H and O–H groups in total. The van der Waals surface area contributed by atoms with E-state index in [0.29, 0.717) is 6.42 Å². The van der Waals surface area contributed by atoms with E-state index >= 15 is 0 Å². The highest BCUT2D eigenvalue weighted by Gasteiger charge is 2.37. The Balaban J connectivity index is 1.59. The van der Waals surface area contributed by atoms with Crippen molar-refractivity contribution in [3.8, 4) is 5.75 Å². The molecule has 0 bridgehead atoms. The Morgan fingerprint density at radius 2 is 1.97 bits per heavy atom. The molecule has 0 aliphatic carbocycles. The second-order valence-electron chi connectivity index (χ2n) is 7.98. The van der Waals surface area contributed by atoms with Gasteiger partial charge in [-0.2, -0.15) is 0 Å². The molecule has 2 aromatic carbocycles. The van der Waals surface area contributed by atoms with Crippen LogP contribution in [0.15, 0.2) is 36.4 Å². The van der Waals surface area contributed by atoms with Gasteiger partial charge in [0.05, 0.1) is 18.8 Å². The van der Waals surface area contributed by atoms with Gasteiger partial charge >= 0.3 is 0 Å². The monoisotopic (exact) mass is 414 g/mol. The van der Waals surface area contributed by atoms with Crippen molar-refractivity contribution in [2.45, 2.75) is 62.8 Å². The Morgan fingerprint density at radius 3 is 2.76 bits per heavy atom. The summed E-state index contributed by atoms with van der Waals surface area (Å²) in [5.74, 6) is 1.02. The molecule has 0 saturated carbocycles. The molecule has 0 spiro atoms.